The van der Waals surface area contributed by atoms with Crippen LogP contribution in [0.25, 0.3) is 10.9 Å². The zero-order valence-corrected chi connectivity index (χ0v) is 16.3. The van der Waals surface area contributed by atoms with Gasteiger partial charge in [0, 0.05) is 23.7 Å². The Hall–Kier alpha value is -3.80. The monoisotopic (exact) mass is 386 g/mol. The highest BCUT2D eigenvalue weighted by Gasteiger charge is 2.08. The quantitative estimate of drug-likeness (QED) is 0.466. The van der Waals surface area contributed by atoms with E-state index in [-0.39, 0.29) is 0 Å². The molecule has 29 heavy (non-hydrogen) atoms. The van der Waals surface area contributed by atoms with Crippen LogP contribution in [0.5, 0.6) is 11.5 Å². The van der Waals surface area contributed by atoms with Crippen molar-refractivity contribution in [3.8, 4) is 11.5 Å². The van der Waals surface area contributed by atoms with Gasteiger partial charge in [-0.1, -0.05) is 30.3 Å². The summed E-state index contributed by atoms with van der Waals surface area (Å²) in [4.78, 5) is 9.35. The number of fused-ring (bicyclic) bond motifs is 1. The first-order valence-electron chi connectivity index (χ1n) is 9.30. The molecule has 6 heteroatoms. The molecule has 0 aliphatic rings. The van der Waals surface area contributed by atoms with Crippen LogP contribution in [0, 0.1) is 0 Å². The summed E-state index contributed by atoms with van der Waals surface area (Å²) in [7, 11) is 3.31. The zero-order chi connectivity index (χ0) is 20.1. The second kappa shape index (κ2) is 8.48. The second-order valence-corrected chi connectivity index (χ2v) is 6.47. The van der Waals surface area contributed by atoms with E-state index < -0.39 is 0 Å². The predicted molar refractivity (Wildman–Crippen MR) is 116 cm³/mol. The van der Waals surface area contributed by atoms with E-state index in [2.05, 4.69) is 15.6 Å². The van der Waals surface area contributed by atoms with Gasteiger partial charge in [-0.2, -0.15) is 4.98 Å². The van der Waals surface area contributed by atoms with Gasteiger partial charge in [0.15, 0.2) is 0 Å². The third-order valence-electron chi connectivity index (χ3n) is 4.55. The molecule has 0 aliphatic heterocycles. The summed E-state index contributed by atoms with van der Waals surface area (Å²) < 4.78 is 10.5. The Morgan fingerprint density at radius 1 is 0.793 bits per heavy atom. The summed E-state index contributed by atoms with van der Waals surface area (Å²) in [5.41, 5.74) is 2.86. The van der Waals surface area contributed by atoms with Crippen molar-refractivity contribution in [3.05, 3.63) is 78.4 Å². The number of para-hydroxylation sites is 1. The van der Waals surface area contributed by atoms with Crippen LogP contribution in [0.1, 0.15) is 5.56 Å². The maximum absolute atomic E-state index is 5.29. The van der Waals surface area contributed by atoms with Gasteiger partial charge >= 0.3 is 0 Å². The largest absolute Gasteiger partial charge is 0.497 e. The second-order valence-electron chi connectivity index (χ2n) is 6.47. The number of hydrogen-bond donors (Lipinski definition) is 2. The van der Waals surface area contributed by atoms with Crippen LogP contribution in [0.3, 0.4) is 0 Å². The number of methoxy groups -OCH3 is 2. The molecule has 0 radical (unpaired) electrons. The molecule has 0 spiro atoms. The van der Waals surface area contributed by atoms with Gasteiger partial charge in [-0.15, -0.1) is 0 Å². The molecule has 0 fully saturated rings. The van der Waals surface area contributed by atoms with Crippen molar-refractivity contribution in [1.82, 2.24) is 9.97 Å². The average Bonchev–Trinajstić information content (AvgIpc) is 2.78. The molecule has 0 saturated heterocycles. The number of rotatable bonds is 7. The Labute approximate surface area is 169 Å². The van der Waals surface area contributed by atoms with Crippen molar-refractivity contribution in [3.63, 3.8) is 0 Å². The van der Waals surface area contributed by atoms with Crippen molar-refractivity contribution in [1.29, 1.82) is 0 Å². The van der Waals surface area contributed by atoms with E-state index in [1.807, 2.05) is 72.8 Å². The van der Waals surface area contributed by atoms with E-state index in [0.717, 1.165) is 39.5 Å². The average molecular weight is 386 g/mol. The Morgan fingerprint density at radius 3 is 2.38 bits per heavy atom. The number of nitrogens with one attached hydrogen (secondary N) is 2. The van der Waals surface area contributed by atoms with E-state index in [0.29, 0.717) is 12.5 Å². The molecule has 0 aliphatic carbocycles. The first kappa shape index (κ1) is 18.6. The minimum atomic E-state index is 0.522. The minimum absolute atomic E-state index is 0.522. The Bertz CT molecular complexity index is 1110. The minimum Gasteiger partial charge on any atom is -0.497 e. The van der Waals surface area contributed by atoms with Crippen LogP contribution >= 0.6 is 0 Å². The van der Waals surface area contributed by atoms with Gasteiger partial charge in [0.25, 0.3) is 0 Å². The van der Waals surface area contributed by atoms with Crippen LogP contribution < -0.4 is 20.1 Å². The SMILES string of the molecule is COc1ccc(CNc2nc(Nc3cccc(OC)c3)nc3ccccc23)cc1. The summed E-state index contributed by atoms with van der Waals surface area (Å²) in [6.07, 6.45) is 0. The highest BCUT2D eigenvalue weighted by atomic mass is 16.5. The summed E-state index contributed by atoms with van der Waals surface area (Å²) in [5.74, 6) is 2.91. The summed E-state index contributed by atoms with van der Waals surface area (Å²) in [5, 5.41) is 7.67. The number of benzene rings is 3. The fourth-order valence-corrected chi connectivity index (χ4v) is 3.03. The Morgan fingerprint density at radius 2 is 1.59 bits per heavy atom. The molecule has 146 valence electrons. The Balaban J connectivity index is 1.61. The van der Waals surface area contributed by atoms with Gasteiger partial charge in [0.1, 0.15) is 17.3 Å². The maximum Gasteiger partial charge on any atom is 0.229 e. The van der Waals surface area contributed by atoms with Crippen LogP contribution in [0.15, 0.2) is 72.8 Å². The van der Waals surface area contributed by atoms with E-state index in [1.54, 1.807) is 14.2 Å². The lowest BCUT2D eigenvalue weighted by atomic mass is 10.2. The van der Waals surface area contributed by atoms with Crippen LogP contribution in [0.2, 0.25) is 0 Å². The highest BCUT2D eigenvalue weighted by Crippen LogP contribution is 2.25. The van der Waals surface area contributed by atoms with Gasteiger partial charge in [0.2, 0.25) is 5.95 Å². The lowest BCUT2D eigenvalue weighted by molar-refractivity contribution is 0.414. The van der Waals surface area contributed by atoms with Crippen molar-refractivity contribution in [2.45, 2.75) is 6.54 Å². The standard InChI is InChI=1S/C23H22N4O2/c1-28-18-12-10-16(11-13-18)15-24-22-20-8-3-4-9-21(20)26-23(27-22)25-17-6-5-7-19(14-17)29-2/h3-14H,15H2,1-2H3,(H2,24,25,26,27). The van der Waals surface area contributed by atoms with Crippen LogP contribution in [-0.4, -0.2) is 24.2 Å². The number of aromatic nitrogens is 2. The normalized spacial score (nSPS) is 10.6. The molecular formula is C23H22N4O2. The topological polar surface area (TPSA) is 68.3 Å². The number of anilines is 3. The maximum atomic E-state index is 5.29. The Kier molecular flexibility index (Phi) is 5.42. The van der Waals surface area contributed by atoms with E-state index in [1.165, 1.54) is 0 Å². The molecule has 1 heterocycles. The van der Waals surface area contributed by atoms with E-state index in [9.17, 15) is 0 Å². The number of nitrogens with zero attached hydrogens (tertiary/aromatic N) is 2. The molecule has 0 saturated carbocycles. The van der Waals surface area contributed by atoms with Crippen molar-refractivity contribution in [2.75, 3.05) is 24.9 Å². The summed E-state index contributed by atoms with van der Waals surface area (Å²) in [6, 6.07) is 23.6. The summed E-state index contributed by atoms with van der Waals surface area (Å²) in [6.45, 7) is 0.642. The van der Waals surface area contributed by atoms with Crippen molar-refractivity contribution in [2.24, 2.45) is 0 Å². The first-order valence-corrected chi connectivity index (χ1v) is 9.30. The molecular weight excluding hydrogens is 364 g/mol. The van der Waals surface area contributed by atoms with Gasteiger partial charge in [0.05, 0.1) is 19.7 Å². The van der Waals surface area contributed by atoms with Gasteiger partial charge in [-0.25, -0.2) is 4.98 Å². The molecule has 0 unspecified atom stereocenters. The fraction of sp³-hybridized carbons (Fsp3) is 0.130. The van der Waals surface area contributed by atoms with E-state index in [4.69, 9.17) is 14.5 Å². The fourth-order valence-electron chi connectivity index (χ4n) is 3.03. The molecule has 2 N–H and O–H groups in total. The number of hydrogen-bond acceptors (Lipinski definition) is 6. The van der Waals surface area contributed by atoms with Crippen molar-refractivity contribution >= 4 is 28.4 Å². The van der Waals surface area contributed by atoms with E-state index >= 15 is 0 Å². The van der Waals surface area contributed by atoms with Crippen LogP contribution in [0.4, 0.5) is 17.5 Å². The lowest BCUT2D eigenvalue weighted by Gasteiger charge is -2.12. The first-order chi connectivity index (χ1) is 14.2. The third kappa shape index (κ3) is 4.38. The number of ether oxygens (including phenoxy) is 2. The van der Waals surface area contributed by atoms with Gasteiger partial charge < -0.3 is 20.1 Å². The molecule has 0 atom stereocenters. The molecule has 1 aromatic heterocycles. The summed E-state index contributed by atoms with van der Waals surface area (Å²) >= 11 is 0. The molecule has 0 bridgehead atoms. The third-order valence-corrected chi connectivity index (χ3v) is 4.55. The van der Waals surface area contributed by atoms with Crippen LogP contribution in [-0.2, 0) is 6.54 Å². The lowest BCUT2D eigenvalue weighted by Crippen LogP contribution is -2.06. The van der Waals surface area contributed by atoms with Gasteiger partial charge in [-0.05, 0) is 42.0 Å². The molecule has 0 amide bonds. The predicted octanol–water partition coefficient (Wildman–Crippen LogP) is 5.00. The molecule has 3 aromatic carbocycles. The molecule has 4 rings (SSSR count). The zero-order valence-electron chi connectivity index (χ0n) is 16.3. The molecule has 4 aromatic rings. The smallest absolute Gasteiger partial charge is 0.229 e. The molecule has 6 nitrogen and oxygen atoms in total. The van der Waals surface area contributed by atoms with Gasteiger partial charge in [-0.3, -0.25) is 0 Å². The van der Waals surface area contributed by atoms with Crippen molar-refractivity contribution < 1.29 is 9.47 Å². The highest BCUT2D eigenvalue weighted by molar-refractivity contribution is 5.90.